The molecule has 149 heavy (non-hydrogen) atoms. The number of aromatic amines is 2. The van der Waals surface area contributed by atoms with E-state index in [1.54, 1.807) is 74.0 Å². The molecule has 12 aromatic rings. The minimum Gasteiger partial charge on any atom is -1.00 e. The summed E-state index contributed by atoms with van der Waals surface area (Å²) in [7, 11) is -8.85. The number of rotatable bonds is 33. The maximum Gasteiger partial charge on any atom is 1.00 e. The van der Waals surface area contributed by atoms with E-state index in [1.165, 1.54) is 66.0 Å². The monoisotopic (exact) mass is 2570 g/mol. The Labute approximate surface area is 1050 Å². The molecule has 42 heteroatoms. The smallest absolute Gasteiger partial charge is 1.00 e. The Morgan fingerprint density at radius 2 is 0.832 bits per heavy atom. The fraction of sp³-hybridized carbons (Fsp3) is 0.495. The summed E-state index contributed by atoms with van der Waals surface area (Å²) in [5, 5.41) is 45.6. The third-order valence-corrected chi connectivity index (χ3v) is 33.4. The minimum absolute atomic E-state index is 0. The van der Waals surface area contributed by atoms with Crippen LogP contribution in [0.5, 0.6) is 0 Å². The van der Waals surface area contributed by atoms with E-state index in [0.717, 1.165) is 185 Å². The first-order valence-corrected chi connectivity index (χ1v) is 59.0. The summed E-state index contributed by atoms with van der Waals surface area (Å²) in [4.78, 5) is 12.3. The number of carbonyl (C=O) groups is 1. The number of hydrogen-bond donors (Lipinski definition) is 4. The quantitative estimate of drug-likeness (QED) is 0.00564. The minimum atomic E-state index is -3.81. The molecule has 803 valence electrons. The van der Waals surface area contributed by atoms with Gasteiger partial charge in [-0.3, -0.25) is 41.6 Å². The van der Waals surface area contributed by atoms with Gasteiger partial charge in [0.15, 0.2) is 0 Å². The van der Waals surface area contributed by atoms with Gasteiger partial charge in [-0.25, -0.2) is 33.7 Å². The van der Waals surface area contributed by atoms with Crippen molar-refractivity contribution in [2.24, 2.45) is 45.7 Å². The summed E-state index contributed by atoms with van der Waals surface area (Å²) in [5.41, 5.74) is 11.3. The Balaban J connectivity index is 0.000000469. The summed E-state index contributed by atoms with van der Waals surface area (Å²) in [6, 6.07) is 51.5. The van der Waals surface area contributed by atoms with Crippen molar-refractivity contribution in [3.05, 3.63) is 220 Å². The molecule has 8 heterocycles. The number of methoxy groups -OCH3 is 1. The maximum atomic E-state index is 13.8. The zero-order chi connectivity index (χ0) is 107. The molecule has 4 aliphatic rings. The Kier molecular flexibility index (Phi) is 66.7. The van der Waals surface area contributed by atoms with Gasteiger partial charge in [-0.15, -0.1) is 0 Å². The third-order valence-electron chi connectivity index (χ3n) is 24.1. The normalized spacial score (nSPS) is 13.7. The summed E-state index contributed by atoms with van der Waals surface area (Å²) >= 11 is 13.6. The molecule has 16 rings (SSSR count). The van der Waals surface area contributed by atoms with E-state index in [-0.39, 0.29) is 214 Å². The molecule has 0 saturated carbocycles. The second-order valence-corrected chi connectivity index (χ2v) is 47.0. The predicted octanol–water partition coefficient (Wildman–Crippen LogP) is 13.3. The van der Waals surface area contributed by atoms with Crippen LogP contribution in [0.15, 0.2) is 209 Å². The second kappa shape index (κ2) is 72.3. The van der Waals surface area contributed by atoms with E-state index in [0.29, 0.717) is 81.1 Å². The van der Waals surface area contributed by atoms with Crippen molar-refractivity contribution in [1.29, 1.82) is 0 Å². The zero-order valence-electron chi connectivity index (χ0n) is 91.2. The van der Waals surface area contributed by atoms with Gasteiger partial charge in [0, 0.05) is 133 Å². The van der Waals surface area contributed by atoms with E-state index in [2.05, 4.69) is 154 Å². The molecule has 4 aliphatic heterocycles. The fourth-order valence-corrected chi connectivity index (χ4v) is 24.0. The third kappa shape index (κ3) is 43.4. The predicted molar refractivity (Wildman–Crippen MR) is 601 cm³/mol. The van der Waals surface area contributed by atoms with Gasteiger partial charge in [0.1, 0.15) is 9.21 Å². The first kappa shape index (κ1) is 137. The van der Waals surface area contributed by atoms with Crippen LogP contribution < -0.4 is 179 Å². The van der Waals surface area contributed by atoms with Crippen molar-refractivity contribution in [2.75, 3.05) is 115 Å². The van der Waals surface area contributed by atoms with Crippen molar-refractivity contribution >= 4 is 181 Å². The van der Waals surface area contributed by atoms with Gasteiger partial charge >= 0.3 is 181 Å². The number of aliphatic hydroxyl groups excluding tert-OH is 1. The number of unbranched alkanes of at least 4 members (excludes halogenated alkanes) is 1. The summed E-state index contributed by atoms with van der Waals surface area (Å²) in [6.07, 6.45) is 16.6. The van der Waals surface area contributed by atoms with Gasteiger partial charge in [-0.1, -0.05) is 161 Å². The second-order valence-electron chi connectivity index (χ2n) is 37.1. The van der Waals surface area contributed by atoms with Crippen molar-refractivity contribution < 1.29 is 235 Å². The molecule has 0 amide bonds. The zero-order valence-corrected chi connectivity index (χ0v) is 112. The molecule has 0 spiro atoms. The standard InChI is InChI=1S/C26H35N3O4S.C25H32BrN3O3S.C19H22BrN3O2S.C19H23N3O2S.C6H11BrO.C4H8O.C4H9.C3H8O.CH2O3.BHNS.2Cs.Li.H/c1-4-20-5-7-22(8-6-20)29(16-19(2)3)34(31,32)23-9-10-26-24(15-23)25(18-30)27-28(26)17-21-11-13-33-14-12-21;1-4-19-5-7-21(8-6-19)29(16-18(2)3)33(30,31)22-9-10-24-23(15-22)25(26)27-28(24)17-20-11-13-32-14-12-20;1-4-14-5-7-15(8-6-14)23(12-13(2)3)26(24,25)16-9-10-18-17(11-16)19(20)22-21-18;1-4-15-5-7-17(8-6-15)22(13-14(2)3)25(23,24)18-9-10-19-16(11-18)12-20-21-19;7-5-6-1-3-8-4-2-6;1-2-4-5-3-1;2*1-3-4-2;2-1-4-3;1-2-3;;;;/h5-10,15,19,21,30H,4,11-14,16-18H2,1-3H3;5-10,15,18,20H,4,11-14,16-17H2,1-3H3;5-11,13H,4,12H2,1-3H3,(H,21,22);5-12,14H,4,13H2,1-3H3,(H,20,21);6H,1-5H2;1-4H2;1,3-4H2,2H3;3H2,1-2H3;1,3H;3H;;;;/q;;;;;;-1;;;;3*+1;-1/p-1. The number of fused-ring (bicyclic) bond motifs is 4. The number of aryl methyl sites for hydroxylation is 4. The first-order valence-electron chi connectivity index (χ1n) is 50.2. The van der Waals surface area contributed by atoms with E-state index in [1.807, 2.05) is 181 Å². The fourth-order valence-electron chi connectivity index (χ4n) is 15.8. The molecule has 1 radical (unpaired) electrons. The number of hydrogen-bond acceptors (Lipinski definition) is 23. The van der Waals surface area contributed by atoms with E-state index < -0.39 is 40.1 Å². The average molecular weight is 2580 g/mol. The number of benzene rings is 8. The Hall–Kier alpha value is -3.81. The van der Waals surface area contributed by atoms with Crippen LogP contribution >= 0.6 is 60.6 Å². The molecule has 0 unspecified atom stereocenters. The van der Waals surface area contributed by atoms with Gasteiger partial charge in [-0.2, -0.15) is 26.8 Å². The molecule has 0 aliphatic carbocycles. The van der Waals surface area contributed by atoms with Crippen LogP contribution in [0.2, 0.25) is 0 Å². The molecular weight excluding hydrogens is 2420 g/mol. The van der Waals surface area contributed by atoms with Crippen LogP contribution in [0.1, 0.15) is 191 Å². The number of thiol groups is 1. The van der Waals surface area contributed by atoms with E-state index in [4.69, 9.17) is 29.0 Å². The van der Waals surface area contributed by atoms with Crippen LogP contribution in [0.4, 0.5) is 22.7 Å². The molecule has 4 fully saturated rings. The number of aromatic nitrogens is 8. The van der Waals surface area contributed by atoms with Crippen LogP contribution in [-0.4, -0.2) is 191 Å². The van der Waals surface area contributed by atoms with Gasteiger partial charge < -0.3 is 47.3 Å². The Bertz CT molecular complexity index is 6360. The molecule has 0 bridgehead atoms. The number of halogens is 3. The van der Waals surface area contributed by atoms with Crippen molar-refractivity contribution in [3.8, 4) is 0 Å². The number of nitrogens with one attached hydrogen (secondary N) is 2. The Morgan fingerprint density at radius 1 is 0.517 bits per heavy atom. The number of carbonyl (C=O) groups excluding carboxylic acids is 1. The molecule has 4 aromatic heterocycles. The van der Waals surface area contributed by atoms with Gasteiger partial charge in [0.2, 0.25) is 0 Å². The summed E-state index contributed by atoms with van der Waals surface area (Å²) in [6.45, 7) is 42.7. The molecule has 30 nitrogen and oxygen atoms in total. The number of sulfonamides is 4. The average Bonchev–Trinajstić information content (AvgIpc) is 1.59. The van der Waals surface area contributed by atoms with Gasteiger partial charge in [0.05, 0.1) is 82.9 Å². The molecule has 4 saturated heterocycles. The van der Waals surface area contributed by atoms with Crippen molar-refractivity contribution in [2.45, 2.75) is 226 Å². The number of ether oxygens (including phenoxy) is 5. The number of nitrogens with zero attached hydrogens (tertiary/aromatic N) is 11. The van der Waals surface area contributed by atoms with E-state index >= 15 is 0 Å². The molecule has 0 atom stereocenters. The van der Waals surface area contributed by atoms with Crippen LogP contribution in [0.25, 0.3) is 43.6 Å². The number of aliphatic hydroxyl groups is 1. The van der Waals surface area contributed by atoms with Crippen molar-refractivity contribution in [3.63, 3.8) is 0 Å². The van der Waals surface area contributed by atoms with Crippen LogP contribution in [0, 0.1) is 48.3 Å². The number of alkyl halides is 1. The largest absolute Gasteiger partial charge is 1.00 e. The first-order chi connectivity index (χ1) is 69.9. The summed E-state index contributed by atoms with van der Waals surface area (Å²) < 4.78 is 148. The van der Waals surface area contributed by atoms with Gasteiger partial charge in [0.25, 0.3) is 46.6 Å². The number of anilines is 4. The molecular formula is C107H151BBr3Cs2LiN13O17S5. The Morgan fingerprint density at radius 3 is 1.14 bits per heavy atom. The maximum absolute atomic E-state index is 13.8. The molecule has 8 aromatic carbocycles. The number of H-pyrrole nitrogens is 2. The van der Waals surface area contributed by atoms with Crippen LogP contribution in [0.3, 0.4) is 0 Å². The SMILES string of the molecule is BrCC1CCOCC1.C1CCOC1.CCOC.CCc1ccc(N(CC(C)C)S(=O)(=O)c2ccc3[nH]ncc3c2)cc1.CCc1ccc(N(CC(C)C)S(=O)(=O)c2ccc3c(c2)c(Br)nn3CC2CCOCC2)cc1.CCc1ccc(N(CC(C)C)S(=O)(=O)c2ccc3c(c2)c(CO)nn3CC2CCOCC2)cc1.CCc1ccc(N(CC(C)C)S(=O)(=O)c2ccc3n[nH]c(Br)c3c2)cc1.O=CO[O-].[B]=NS.[CH2-]CCC.[Cs+].[Cs+].[H-].[Li+]. The molecule has 3 N–H and O–H groups in total. The van der Waals surface area contributed by atoms with Gasteiger partial charge in [-0.05, 0) is 301 Å². The van der Waals surface area contributed by atoms with Crippen LogP contribution in [-0.2, 0) is 119 Å². The topological polar surface area (TPSA) is 371 Å². The summed E-state index contributed by atoms with van der Waals surface area (Å²) in [5.74, 6) is 2.59. The van der Waals surface area contributed by atoms with Crippen molar-refractivity contribution in [1.82, 2.24) is 40.0 Å². The van der Waals surface area contributed by atoms with E-state index in [9.17, 15) is 38.8 Å².